The maximum absolute atomic E-state index is 13.8. The van der Waals surface area contributed by atoms with Crippen LogP contribution in [-0.2, 0) is 5.54 Å². The van der Waals surface area contributed by atoms with Gasteiger partial charge in [0.05, 0.1) is 5.02 Å². The third kappa shape index (κ3) is 3.50. The summed E-state index contributed by atoms with van der Waals surface area (Å²) >= 11 is 8.08. The van der Waals surface area contributed by atoms with Crippen LogP contribution in [0.4, 0.5) is 0 Å². The second-order valence-electron chi connectivity index (χ2n) is 7.54. The third-order valence-electron chi connectivity index (χ3n) is 5.66. The van der Waals surface area contributed by atoms with Gasteiger partial charge >= 0.3 is 0 Å². The Hall–Kier alpha value is -3.40. The molecule has 32 heavy (non-hydrogen) atoms. The molecule has 0 aliphatic heterocycles. The Morgan fingerprint density at radius 1 is 0.656 bits per heavy atom. The van der Waals surface area contributed by atoms with Crippen molar-refractivity contribution < 1.29 is 4.79 Å². The van der Waals surface area contributed by atoms with E-state index in [4.69, 9.17) is 11.6 Å². The van der Waals surface area contributed by atoms with E-state index in [-0.39, 0.29) is 5.91 Å². The molecule has 2 nitrogen and oxygen atoms in total. The quantitative estimate of drug-likeness (QED) is 0.278. The number of amides is 1. The monoisotopic (exact) mass is 453 g/mol. The first-order valence-electron chi connectivity index (χ1n) is 10.4. The van der Waals surface area contributed by atoms with Gasteiger partial charge in [-0.05, 0) is 22.8 Å². The zero-order chi connectivity index (χ0) is 22.0. The summed E-state index contributed by atoms with van der Waals surface area (Å²) in [6.07, 6.45) is 0. The number of benzene rings is 4. The molecule has 0 atom stereocenters. The van der Waals surface area contributed by atoms with E-state index in [1.54, 1.807) is 0 Å². The van der Waals surface area contributed by atoms with E-state index in [0.29, 0.717) is 9.90 Å². The van der Waals surface area contributed by atoms with Crippen molar-refractivity contribution in [3.63, 3.8) is 0 Å². The fraction of sp³-hybridized carbons (Fsp3) is 0.0357. The first-order chi connectivity index (χ1) is 15.7. The second-order valence-corrected chi connectivity index (χ2v) is 8.97. The van der Waals surface area contributed by atoms with Crippen molar-refractivity contribution in [3.8, 4) is 0 Å². The highest BCUT2D eigenvalue weighted by Gasteiger charge is 2.38. The van der Waals surface area contributed by atoms with Crippen molar-refractivity contribution in [3.05, 3.63) is 142 Å². The highest BCUT2D eigenvalue weighted by atomic mass is 35.5. The molecule has 4 heteroatoms. The average Bonchev–Trinajstić information content (AvgIpc) is 3.21. The van der Waals surface area contributed by atoms with E-state index in [0.717, 1.165) is 26.8 Å². The highest BCUT2D eigenvalue weighted by molar-refractivity contribution is 7.21. The minimum absolute atomic E-state index is 0.201. The lowest BCUT2D eigenvalue weighted by atomic mass is 9.77. The molecular weight excluding hydrogens is 434 g/mol. The molecule has 1 amide bonds. The topological polar surface area (TPSA) is 29.1 Å². The van der Waals surface area contributed by atoms with Gasteiger partial charge in [-0.15, -0.1) is 11.3 Å². The largest absolute Gasteiger partial charge is 0.334 e. The summed E-state index contributed by atoms with van der Waals surface area (Å²) in [5, 5.41) is 4.77. The molecule has 1 heterocycles. The standard InChI is InChI=1S/C28H20ClNOS/c29-25-23-18-10-11-19-24(23)32-26(25)27(31)30-28(20-12-4-1-5-13-20,21-14-6-2-7-15-21)22-16-8-3-9-17-22/h1-19H,(H,30,31). The van der Waals surface area contributed by atoms with Gasteiger partial charge in [0, 0.05) is 10.1 Å². The summed E-state index contributed by atoms with van der Waals surface area (Å²) in [5.74, 6) is -0.201. The molecule has 1 N–H and O–H groups in total. The molecule has 0 aliphatic rings. The number of rotatable bonds is 5. The van der Waals surface area contributed by atoms with E-state index in [1.807, 2.05) is 115 Å². The number of carbonyl (C=O) groups is 1. The summed E-state index contributed by atoms with van der Waals surface area (Å²) < 4.78 is 0.993. The van der Waals surface area contributed by atoms with Crippen LogP contribution in [0.1, 0.15) is 26.4 Å². The summed E-state index contributed by atoms with van der Waals surface area (Å²) in [6.45, 7) is 0. The Morgan fingerprint density at radius 3 is 1.56 bits per heavy atom. The van der Waals surface area contributed by atoms with Crippen molar-refractivity contribution in [1.82, 2.24) is 5.32 Å². The Morgan fingerprint density at radius 2 is 1.09 bits per heavy atom. The molecule has 1 aromatic heterocycles. The van der Waals surface area contributed by atoms with Crippen LogP contribution < -0.4 is 5.32 Å². The van der Waals surface area contributed by atoms with Gasteiger partial charge < -0.3 is 5.32 Å². The van der Waals surface area contributed by atoms with Gasteiger partial charge in [-0.3, -0.25) is 4.79 Å². The number of carbonyl (C=O) groups excluding carboxylic acids is 1. The SMILES string of the molecule is O=C(NC(c1ccccc1)(c1ccccc1)c1ccccc1)c1sc2ccccc2c1Cl. The van der Waals surface area contributed by atoms with Gasteiger partial charge in [0.1, 0.15) is 10.4 Å². The van der Waals surface area contributed by atoms with Crippen LogP contribution in [0.15, 0.2) is 115 Å². The van der Waals surface area contributed by atoms with Gasteiger partial charge in [0.2, 0.25) is 0 Å². The van der Waals surface area contributed by atoms with Crippen LogP contribution in [0.25, 0.3) is 10.1 Å². The Bertz CT molecular complexity index is 1270. The molecule has 4 aromatic carbocycles. The summed E-state index contributed by atoms with van der Waals surface area (Å²) in [6, 6.07) is 38.0. The zero-order valence-electron chi connectivity index (χ0n) is 17.2. The van der Waals surface area contributed by atoms with Gasteiger partial charge in [-0.2, -0.15) is 0 Å². The smallest absolute Gasteiger partial charge is 0.264 e. The summed E-state index contributed by atoms with van der Waals surface area (Å²) in [4.78, 5) is 14.3. The number of hydrogen-bond donors (Lipinski definition) is 1. The number of fused-ring (bicyclic) bond motifs is 1. The molecule has 0 radical (unpaired) electrons. The Kier molecular flexibility index (Phi) is 5.52. The van der Waals surface area contributed by atoms with E-state index in [9.17, 15) is 4.79 Å². The van der Waals surface area contributed by atoms with Gasteiger partial charge in [-0.1, -0.05) is 121 Å². The molecular formula is C28H20ClNOS. The first kappa shape index (κ1) is 20.5. The molecule has 5 aromatic rings. The number of thiophene rings is 1. The van der Waals surface area contributed by atoms with Crippen LogP contribution >= 0.6 is 22.9 Å². The number of hydrogen-bond acceptors (Lipinski definition) is 2. The van der Waals surface area contributed by atoms with Gasteiger partial charge in [-0.25, -0.2) is 0 Å². The highest BCUT2D eigenvalue weighted by Crippen LogP contribution is 2.39. The molecule has 0 saturated carbocycles. The predicted octanol–water partition coefficient (Wildman–Crippen LogP) is 7.28. The lowest BCUT2D eigenvalue weighted by Gasteiger charge is -2.36. The third-order valence-corrected chi connectivity index (χ3v) is 7.34. The lowest BCUT2D eigenvalue weighted by Crippen LogP contribution is -2.47. The second kappa shape index (κ2) is 8.62. The molecule has 0 unspecified atom stereocenters. The van der Waals surface area contributed by atoms with Crippen molar-refractivity contribution in [2.45, 2.75) is 5.54 Å². The fourth-order valence-electron chi connectivity index (χ4n) is 4.17. The molecule has 5 rings (SSSR count). The van der Waals surface area contributed by atoms with E-state index >= 15 is 0 Å². The normalized spacial score (nSPS) is 11.4. The van der Waals surface area contributed by atoms with Crippen LogP contribution in [0.2, 0.25) is 5.02 Å². The summed E-state index contributed by atoms with van der Waals surface area (Å²) in [7, 11) is 0. The molecule has 0 aliphatic carbocycles. The van der Waals surface area contributed by atoms with E-state index < -0.39 is 5.54 Å². The van der Waals surface area contributed by atoms with Crippen molar-refractivity contribution in [1.29, 1.82) is 0 Å². The Labute approximate surface area is 196 Å². The van der Waals surface area contributed by atoms with Crippen molar-refractivity contribution in [2.75, 3.05) is 0 Å². The minimum atomic E-state index is -0.875. The van der Waals surface area contributed by atoms with Crippen LogP contribution in [0, 0.1) is 0 Å². The lowest BCUT2D eigenvalue weighted by molar-refractivity contribution is 0.0929. The van der Waals surface area contributed by atoms with Gasteiger partial charge in [0.15, 0.2) is 0 Å². The summed E-state index contributed by atoms with van der Waals surface area (Å²) in [5.41, 5.74) is 2.05. The van der Waals surface area contributed by atoms with Crippen molar-refractivity contribution >= 4 is 38.9 Å². The maximum atomic E-state index is 13.8. The molecule has 0 saturated heterocycles. The van der Waals surface area contributed by atoms with E-state index in [1.165, 1.54) is 11.3 Å². The zero-order valence-corrected chi connectivity index (χ0v) is 18.7. The average molecular weight is 454 g/mol. The van der Waals surface area contributed by atoms with Crippen molar-refractivity contribution in [2.24, 2.45) is 0 Å². The van der Waals surface area contributed by atoms with Crippen LogP contribution in [0.3, 0.4) is 0 Å². The number of nitrogens with one attached hydrogen (secondary N) is 1. The number of halogens is 1. The fourth-order valence-corrected chi connectivity index (χ4v) is 5.58. The van der Waals surface area contributed by atoms with E-state index in [2.05, 4.69) is 5.32 Å². The maximum Gasteiger partial charge on any atom is 0.264 e. The van der Waals surface area contributed by atoms with Gasteiger partial charge in [0.25, 0.3) is 5.91 Å². The molecule has 0 spiro atoms. The Balaban J connectivity index is 1.72. The first-order valence-corrected chi connectivity index (χ1v) is 11.6. The molecule has 0 bridgehead atoms. The van der Waals surface area contributed by atoms with Crippen LogP contribution in [-0.4, -0.2) is 5.91 Å². The predicted molar refractivity (Wildman–Crippen MR) is 134 cm³/mol. The molecule has 0 fully saturated rings. The molecule has 156 valence electrons. The minimum Gasteiger partial charge on any atom is -0.334 e. The van der Waals surface area contributed by atoms with Crippen LogP contribution in [0.5, 0.6) is 0 Å².